The Balaban J connectivity index is 0.000000289. The van der Waals surface area contributed by atoms with Crippen LogP contribution in [0.5, 0.6) is 0 Å². The Kier molecular flexibility index (Phi) is 8.39. The predicted molar refractivity (Wildman–Crippen MR) is 98.5 cm³/mol. The molecule has 1 aromatic rings. The van der Waals surface area contributed by atoms with E-state index in [0.717, 1.165) is 24.9 Å². The maximum atomic E-state index is 11.4. The van der Waals surface area contributed by atoms with Crippen molar-refractivity contribution in [1.82, 2.24) is 5.32 Å². The fraction of sp³-hybridized carbons (Fsp3) is 0.556. The number of esters is 2. The molecule has 27 heavy (non-hydrogen) atoms. The third-order valence-electron chi connectivity index (χ3n) is 3.67. The van der Waals surface area contributed by atoms with Gasteiger partial charge in [0.05, 0.1) is 10.3 Å². The molecule has 0 aliphatic carbocycles. The molecule has 2 N–H and O–H groups in total. The van der Waals surface area contributed by atoms with Crippen molar-refractivity contribution < 1.29 is 32.0 Å². The smallest absolute Gasteiger partial charge is 0.326 e. The summed E-state index contributed by atoms with van der Waals surface area (Å²) in [5.74, 6) is -0.723. The highest BCUT2D eigenvalue weighted by Crippen LogP contribution is 2.15. The van der Waals surface area contributed by atoms with Gasteiger partial charge in [0, 0.05) is 0 Å². The molecule has 1 saturated heterocycles. The fourth-order valence-corrected chi connectivity index (χ4v) is 2.53. The second kappa shape index (κ2) is 9.82. The Morgan fingerprint density at radius 2 is 1.78 bits per heavy atom. The highest BCUT2D eigenvalue weighted by atomic mass is 32.2. The molecule has 1 aliphatic heterocycles. The van der Waals surface area contributed by atoms with E-state index in [0.29, 0.717) is 0 Å². The van der Waals surface area contributed by atoms with Gasteiger partial charge >= 0.3 is 11.9 Å². The van der Waals surface area contributed by atoms with Gasteiger partial charge < -0.3 is 14.8 Å². The van der Waals surface area contributed by atoms with Crippen molar-refractivity contribution in [2.75, 3.05) is 13.3 Å². The van der Waals surface area contributed by atoms with E-state index < -0.39 is 15.5 Å². The van der Waals surface area contributed by atoms with E-state index in [1.54, 1.807) is 32.9 Å². The third kappa shape index (κ3) is 8.51. The Morgan fingerprint density at radius 3 is 2.22 bits per heavy atom. The third-order valence-corrected chi connectivity index (χ3v) is 4.54. The van der Waals surface area contributed by atoms with Crippen LogP contribution in [0.3, 0.4) is 0 Å². The summed E-state index contributed by atoms with van der Waals surface area (Å²) in [7, 11) is -4.02. The Labute approximate surface area is 160 Å². The van der Waals surface area contributed by atoms with Crippen LogP contribution in [0.25, 0.3) is 0 Å². The van der Waals surface area contributed by atoms with Crippen molar-refractivity contribution >= 4 is 22.1 Å². The molecule has 0 saturated carbocycles. The molecule has 2 rings (SSSR count). The first-order valence-corrected chi connectivity index (χ1v) is 9.96. The Bertz CT molecular complexity index is 730. The summed E-state index contributed by atoms with van der Waals surface area (Å²) < 4.78 is 39.2. The zero-order chi connectivity index (χ0) is 20.7. The average molecular weight is 401 g/mol. The van der Waals surface area contributed by atoms with Crippen LogP contribution in [0.15, 0.2) is 29.2 Å². The van der Waals surface area contributed by atoms with E-state index in [4.69, 9.17) is 14.0 Å². The van der Waals surface area contributed by atoms with Gasteiger partial charge in [0.1, 0.15) is 6.04 Å². The number of carbonyl (C=O) groups is 2. The van der Waals surface area contributed by atoms with Gasteiger partial charge in [0.25, 0.3) is 10.1 Å². The molecule has 0 amide bonds. The number of benzene rings is 1. The van der Waals surface area contributed by atoms with Crippen molar-refractivity contribution in [3.63, 3.8) is 0 Å². The van der Waals surface area contributed by atoms with Gasteiger partial charge in [-0.05, 0) is 59.2 Å². The van der Waals surface area contributed by atoms with Crippen molar-refractivity contribution in [2.45, 2.75) is 51.5 Å². The summed E-state index contributed by atoms with van der Waals surface area (Å²) in [5, 5.41) is 3.01. The fourth-order valence-electron chi connectivity index (χ4n) is 2.05. The van der Waals surface area contributed by atoms with Crippen LogP contribution in [-0.4, -0.2) is 44.3 Å². The normalized spacial score (nSPS) is 16.9. The monoisotopic (exact) mass is 401 g/mol. The molecule has 0 aromatic heterocycles. The molecule has 9 heteroatoms. The quantitative estimate of drug-likeness (QED) is 0.447. The average Bonchev–Trinajstić information content (AvgIpc) is 3.08. The van der Waals surface area contributed by atoms with E-state index >= 15 is 0 Å². The number of rotatable bonds is 4. The van der Waals surface area contributed by atoms with Crippen molar-refractivity contribution in [3.8, 4) is 0 Å². The lowest BCUT2D eigenvalue weighted by Gasteiger charge is -2.17. The lowest BCUT2D eigenvalue weighted by molar-refractivity contribution is -0.174. The zero-order valence-electron chi connectivity index (χ0n) is 16.0. The van der Waals surface area contributed by atoms with Crippen LogP contribution in [0, 0.1) is 12.3 Å². The van der Waals surface area contributed by atoms with E-state index in [9.17, 15) is 18.0 Å². The van der Waals surface area contributed by atoms with Crippen molar-refractivity contribution in [1.29, 1.82) is 0 Å². The SMILES string of the molecule is CC(C)(C)C(=O)OCOC(=O)C1CCCN1.Cc1ccc(S(=O)(=O)O)cc1. The molecule has 1 aromatic carbocycles. The molecule has 1 atom stereocenters. The molecule has 1 aliphatic rings. The van der Waals surface area contributed by atoms with Crippen molar-refractivity contribution in [2.24, 2.45) is 5.41 Å². The molecular formula is C18H27NO7S. The molecule has 1 heterocycles. The number of ether oxygens (including phenoxy) is 2. The lowest BCUT2D eigenvalue weighted by atomic mass is 9.98. The summed E-state index contributed by atoms with van der Waals surface area (Å²) in [6.07, 6.45) is 1.76. The van der Waals surface area contributed by atoms with E-state index in [-0.39, 0.29) is 29.7 Å². The second-order valence-electron chi connectivity index (χ2n) is 7.20. The number of hydrogen-bond acceptors (Lipinski definition) is 7. The topological polar surface area (TPSA) is 119 Å². The Morgan fingerprint density at radius 1 is 1.19 bits per heavy atom. The summed E-state index contributed by atoms with van der Waals surface area (Å²) >= 11 is 0. The van der Waals surface area contributed by atoms with E-state index in [2.05, 4.69) is 5.32 Å². The first-order chi connectivity index (χ1) is 12.4. The summed E-state index contributed by atoms with van der Waals surface area (Å²) in [6.45, 7) is 7.61. The van der Waals surface area contributed by atoms with Crippen LogP contribution in [0.2, 0.25) is 0 Å². The van der Waals surface area contributed by atoms with E-state index in [1.165, 1.54) is 12.1 Å². The molecule has 0 radical (unpaired) electrons. The van der Waals surface area contributed by atoms with Crippen LogP contribution in [0.4, 0.5) is 0 Å². The summed E-state index contributed by atoms with van der Waals surface area (Å²) in [4.78, 5) is 22.7. The molecule has 0 spiro atoms. The first-order valence-electron chi connectivity index (χ1n) is 8.52. The summed E-state index contributed by atoms with van der Waals surface area (Å²) in [5.41, 5.74) is 0.385. The van der Waals surface area contributed by atoms with Gasteiger partial charge in [0.15, 0.2) is 0 Å². The molecule has 152 valence electrons. The van der Waals surface area contributed by atoms with Gasteiger partial charge in [-0.25, -0.2) is 0 Å². The molecule has 1 unspecified atom stereocenters. The van der Waals surface area contributed by atoms with Gasteiger partial charge in [-0.1, -0.05) is 17.7 Å². The van der Waals surface area contributed by atoms with Gasteiger partial charge in [-0.3, -0.25) is 14.1 Å². The van der Waals surface area contributed by atoms with Crippen molar-refractivity contribution in [3.05, 3.63) is 29.8 Å². The largest absolute Gasteiger partial charge is 0.427 e. The zero-order valence-corrected chi connectivity index (χ0v) is 16.8. The maximum Gasteiger partial charge on any atom is 0.326 e. The van der Waals surface area contributed by atoms with Crippen LogP contribution in [-0.2, 0) is 29.2 Å². The molecule has 0 bridgehead atoms. The van der Waals surface area contributed by atoms with Crippen LogP contribution >= 0.6 is 0 Å². The second-order valence-corrected chi connectivity index (χ2v) is 8.62. The van der Waals surface area contributed by atoms with Gasteiger partial charge in [-0.15, -0.1) is 0 Å². The lowest BCUT2D eigenvalue weighted by Crippen LogP contribution is -2.33. The Hall–Kier alpha value is -1.97. The predicted octanol–water partition coefficient (Wildman–Crippen LogP) is 2.07. The van der Waals surface area contributed by atoms with Gasteiger partial charge in [-0.2, -0.15) is 8.42 Å². The highest BCUT2D eigenvalue weighted by Gasteiger charge is 2.26. The minimum Gasteiger partial charge on any atom is -0.427 e. The van der Waals surface area contributed by atoms with E-state index in [1.807, 2.05) is 6.92 Å². The first kappa shape index (κ1) is 23.1. The highest BCUT2D eigenvalue weighted by molar-refractivity contribution is 7.85. The molecule has 1 fully saturated rings. The summed E-state index contributed by atoms with van der Waals surface area (Å²) in [6, 6.07) is 5.75. The molecular weight excluding hydrogens is 374 g/mol. The van der Waals surface area contributed by atoms with Gasteiger partial charge in [0.2, 0.25) is 6.79 Å². The minimum atomic E-state index is -4.02. The van der Waals surface area contributed by atoms with Crippen LogP contribution in [0.1, 0.15) is 39.2 Å². The van der Waals surface area contributed by atoms with Crippen LogP contribution < -0.4 is 5.32 Å². The molecule has 8 nitrogen and oxygen atoms in total. The number of aryl methyl sites for hydroxylation is 1. The number of nitrogens with one attached hydrogen (secondary N) is 1. The standard InChI is InChI=1S/C11H19NO4.C7H8O3S/c1-11(2,3)10(14)16-7-15-9(13)8-5-4-6-12-8;1-6-2-4-7(5-3-6)11(8,9)10/h8,12H,4-7H2,1-3H3;2-5H,1H3,(H,8,9,10). The number of hydrogen-bond donors (Lipinski definition) is 2. The maximum absolute atomic E-state index is 11.4. The number of carbonyl (C=O) groups excluding carboxylic acids is 2. The minimum absolute atomic E-state index is 0.0666.